The van der Waals surface area contributed by atoms with E-state index >= 15 is 0 Å². The molecule has 3 N–H and O–H groups in total. The lowest BCUT2D eigenvalue weighted by molar-refractivity contribution is 0.206. The Labute approximate surface area is 204 Å². The number of hydrogen-bond acceptors (Lipinski definition) is 5. The topological polar surface area (TPSA) is 98.3 Å². The first-order valence-corrected chi connectivity index (χ1v) is 12.1. The van der Waals surface area contributed by atoms with Gasteiger partial charge in [-0.1, -0.05) is 29.8 Å². The minimum Gasteiger partial charge on any atom is -0.482 e. The van der Waals surface area contributed by atoms with Gasteiger partial charge in [0.05, 0.1) is 5.69 Å². The van der Waals surface area contributed by atoms with Gasteiger partial charge in [-0.25, -0.2) is 9.78 Å². The highest BCUT2D eigenvalue weighted by molar-refractivity contribution is 6.31. The van der Waals surface area contributed by atoms with E-state index in [4.69, 9.17) is 27.2 Å². The second-order valence-corrected chi connectivity index (χ2v) is 9.47. The maximum absolute atomic E-state index is 12.4. The molecule has 3 aromatic rings. The van der Waals surface area contributed by atoms with E-state index in [9.17, 15) is 4.79 Å². The molecule has 2 aliphatic rings. The molecule has 2 aliphatic heterocycles. The van der Waals surface area contributed by atoms with Gasteiger partial charge in [-0.3, -0.25) is 4.68 Å². The average Bonchev–Trinajstić information content (AvgIpc) is 3.53. The van der Waals surface area contributed by atoms with Crippen LogP contribution in [0.5, 0.6) is 5.75 Å². The van der Waals surface area contributed by atoms with Gasteiger partial charge in [0.15, 0.2) is 11.6 Å². The number of likely N-dealkylation sites (tertiary alicyclic amines) is 1. The zero-order chi connectivity index (χ0) is 23.9. The second-order valence-electron chi connectivity index (χ2n) is 9.06. The molecule has 178 valence electrons. The van der Waals surface area contributed by atoms with Crippen LogP contribution in [0.4, 0.5) is 10.6 Å². The third-order valence-corrected chi connectivity index (χ3v) is 7.26. The number of urea groups is 1. The van der Waals surface area contributed by atoms with Gasteiger partial charge in [-0.15, -0.1) is 0 Å². The summed E-state index contributed by atoms with van der Waals surface area (Å²) in [7, 11) is 0. The van der Waals surface area contributed by atoms with Crippen molar-refractivity contribution < 1.29 is 9.53 Å². The monoisotopic (exact) mass is 480 g/mol. The predicted octanol–water partition coefficient (Wildman–Crippen LogP) is 4.40. The fourth-order valence-electron chi connectivity index (χ4n) is 5.07. The quantitative estimate of drug-likeness (QED) is 0.564. The van der Waals surface area contributed by atoms with E-state index < -0.39 is 0 Å². The Morgan fingerprint density at radius 2 is 2.09 bits per heavy atom. The molecule has 4 heterocycles. The number of aryl methyl sites for hydroxylation is 1. The van der Waals surface area contributed by atoms with E-state index in [1.165, 1.54) is 5.69 Å². The molecule has 9 heteroatoms. The highest BCUT2D eigenvalue weighted by Crippen LogP contribution is 2.44. The number of pyridine rings is 1. The summed E-state index contributed by atoms with van der Waals surface area (Å²) in [5.41, 5.74) is 9.81. The first kappa shape index (κ1) is 22.5. The van der Waals surface area contributed by atoms with Gasteiger partial charge < -0.3 is 20.7 Å². The molecular formula is C25H29ClN6O2. The van der Waals surface area contributed by atoms with E-state index in [2.05, 4.69) is 21.0 Å². The van der Waals surface area contributed by atoms with Crippen LogP contribution in [0, 0.1) is 0 Å². The van der Waals surface area contributed by atoms with Crippen LogP contribution in [-0.2, 0) is 12.0 Å². The van der Waals surface area contributed by atoms with E-state index in [1.54, 1.807) is 6.20 Å². The Hall–Kier alpha value is -3.26. The normalized spacial score (nSPS) is 19.9. The summed E-state index contributed by atoms with van der Waals surface area (Å²) in [6.45, 7) is 6.82. The standard InChI is InChI=1S/C25H29ClN6O2/c1-3-28-24(33)31-10-8-25(15-31)9-11-32-22(25)13-20(30-32)17-12-21(23(27)29-14-17)34-16(2)18-6-4-5-7-19(18)26/h4-7,12-14,16H,3,8-11,15H2,1-2H3,(H2,27,29)(H,28,33). The van der Waals surface area contributed by atoms with Crippen LogP contribution in [0.1, 0.15) is 44.1 Å². The number of hydrogen-bond donors (Lipinski definition) is 2. The van der Waals surface area contributed by atoms with E-state index in [0.717, 1.165) is 42.8 Å². The van der Waals surface area contributed by atoms with Crippen molar-refractivity contribution in [3.05, 3.63) is 58.9 Å². The van der Waals surface area contributed by atoms with E-state index in [1.807, 2.05) is 49.1 Å². The number of rotatable bonds is 5. The molecule has 5 rings (SSSR count). The molecule has 0 radical (unpaired) electrons. The van der Waals surface area contributed by atoms with Gasteiger partial charge in [0, 0.05) is 59.6 Å². The van der Waals surface area contributed by atoms with Gasteiger partial charge in [0.2, 0.25) is 0 Å². The predicted molar refractivity (Wildman–Crippen MR) is 132 cm³/mol. The molecule has 1 aromatic carbocycles. The molecule has 1 spiro atoms. The van der Waals surface area contributed by atoms with Crippen molar-refractivity contribution in [2.24, 2.45) is 0 Å². The molecule has 1 saturated heterocycles. The molecular weight excluding hydrogens is 452 g/mol. The lowest BCUT2D eigenvalue weighted by Gasteiger charge is -2.23. The van der Waals surface area contributed by atoms with Crippen molar-refractivity contribution >= 4 is 23.4 Å². The minimum atomic E-state index is -0.290. The number of ether oxygens (including phenoxy) is 1. The summed E-state index contributed by atoms with van der Waals surface area (Å²) in [5, 5.41) is 8.41. The lowest BCUT2D eigenvalue weighted by Crippen LogP contribution is -2.40. The fourth-order valence-corrected chi connectivity index (χ4v) is 5.36. The number of fused-ring (bicyclic) bond motifs is 2. The molecule has 0 aliphatic carbocycles. The SMILES string of the molecule is CCNC(=O)N1CCC2(CCn3nc(-c4cnc(N)c(OC(C)c5ccccc5Cl)c4)cc32)C1. The number of carbonyl (C=O) groups is 1. The van der Waals surface area contributed by atoms with Gasteiger partial charge in [-0.05, 0) is 44.9 Å². The molecule has 0 bridgehead atoms. The number of halogens is 1. The highest BCUT2D eigenvalue weighted by atomic mass is 35.5. The van der Waals surface area contributed by atoms with Crippen LogP contribution in [0.2, 0.25) is 5.02 Å². The zero-order valence-corrected chi connectivity index (χ0v) is 20.2. The number of anilines is 1. The summed E-state index contributed by atoms with van der Waals surface area (Å²) in [4.78, 5) is 18.6. The molecule has 2 amide bonds. The molecule has 2 unspecified atom stereocenters. The molecule has 1 fully saturated rings. The Balaban J connectivity index is 1.39. The van der Waals surface area contributed by atoms with Crippen molar-refractivity contribution in [1.82, 2.24) is 25.0 Å². The zero-order valence-electron chi connectivity index (χ0n) is 19.4. The third kappa shape index (κ3) is 3.96. The van der Waals surface area contributed by atoms with Crippen LogP contribution in [0.25, 0.3) is 11.3 Å². The largest absolute Gasteiger partial charge is 0.482 e. The molecule has 2 atom stereocenters. The summed E-state index contributed by atoms with van der Waals surface area (Å²) < 4.78 is 8.22. The summed E-state index contributed by atoms with van der Waals surface area (Å²) in [6, 6.07) is 11.6. The van der Waals surface area contributed by atoms with E-state index in [-0.39, 0.29) is 17.6 Å². The number of amides is 2. The number of aromatic nitrogens is 3. The van der Waals surface area contributed by atoms with Crippen molar-refractivity contribution in [1.29, 1.82) is 0 Å². The minimum absolute atomic E-state index is 0.00901. The van der Waals surface area contributed by atoms with Gasteiger partial charge in [0.25, 0.3) is 0 Å². The Morgan fingerprint density at radius 3 is 2.88 bits per heavy atom. The first-order chi connectivity index (χ1) is 16.4. The maximum atomic E-state index is 12.4. The highest BCUT2D eigenvalue weighted by Gasteiger charge is 2.46. The first-order valence-electron chi connectivity index (χ1n) is 11.7. The number of nitrogens with zero attached hydrogens (tertiary/aromatic N) is 4. The molecule has 0 saturated carbocycles. The van der Waals surface area contributed by atoms with Crippen LogP contribution < -0.4 is 15.8 Å². The fraction of sp³-hybridized carbons (Fsp3) is 0.400. The van der Waals surface area contributed by atoms with Gasteiger partial charge >= 0.3 is 6.03 Å². The van der Waals surface area contributed by atoms with Gasteiger partial charge in [0.1, 0.15) is 6.10 Å². The van der Waals surface area contributed by atoms with E-state index in [0.29, 0.717) is 29.7 Å². The van der Waals surface area contributed by atoms with Crippen LogP contribution in [0.3, 0.4) is 0 Å². The summed E-state index contributed by atoms with van der Waals surface area (Å²) >= 11 is 6.33. The van der Waals surface area contributed by atoms with Crippen molar-refractivity contribution in [3.8, 4) is 17.0 Å². The summed E-state index contributed by atoms with van der Waals surface area (Å²) in [5.74, 6) is 0.815. The van der Waals surface area contributed by atoms with Crippen LogP contribution in [0.15, 0.2) is 42.6 Å². The third-order valence-electron chi connectivity index (χ3n) is 6.92. The Bertz CT molecular complexity index is 1230. The van der Waals surface area contributed by atoms with Gasteiger partial charge in [-0.2, -0.15) is 5.10 Å². The number of nitrogens with one attached hydrogen (secondary N) is 1. The van der Waals surface area contributed by atoms with Crippen molar-refractivity contribution in [2.45, 2.75) is 44.8 Å². The second kappa shape index (κ2) is 8.83. The lowest BCUT2D eigenvalue weighted by atomic mass is 9.82. The van der Waals surface area contributed by atoms with Crippen LogP contribution >= 0.6 is 11.6 Å². The number of nitrogens with two attached hydrogens (primary N) is 1. The van der Waals surface area contributed by atoms with Crippen molar-refractivity contribution in [3.63, 3.8) is 0 Å². The molecule has 8 nitrogen and oxygen atoms in total. The Kier molecular flexibility index (Phi) is 5.85. The smallest absolute Gasteiger partial charge is 0.317 e. The molecule has 2 aromatic heterocycles. The molecule has 34 heavy (non-hydrogen) atoms. The Morgan fingerprint density at radius 1 is 1.29 bits per heavy atom. The summed E-state index contributed by atoms with van der Waals surface area (Å²) in [6.07, 6.45) is 3.37. The maximum Gasteiger partial charge on any atom is 0.317 e. The average molecular weight is 481 g/mol. The van der Waals surface area contributed by atoms with Crippen LogP contribution in [-0.4, -0.2) is 45.3 Å². The van der Waals surface area contributed by atoms with Crippen molar-refractivity contribution in [2.75, 3.05) is 25.4 Å². The number of benzene rings is 1. The number of nitrogen functional groups attached to an aromatic ring is 1. The number of carbonyl (C=O) groups excluding carboxylic acids is 1.